The minimum Gasteiger partial charge on any atom is -0.493 e. The van der Waals surface area contributed by atoms with Gasteiger partial charge in [0.15, 0.2) is 11.5 Å². The molecule has 0 saturated carbocycles. The van der Waals surface area contributed by atoms with Crippen molar-refractivity contribution >= 4 is 22.6 Å². The fraction of sp³-hybridized carbons (Fsp3) is 0.320. The second-order valence-corrected chi connectivity index (χ2v) is 7.86. The molecule has 33 heavy (non-hydrogen) atoms. The molecule has 1 aromatic heterocycles. The quantitative estimate of drug-likeness (QED) is 0.593. The molecule has 0 bridgehead atoms. The van der Waals surface area contributed by atoms with E-state index in [1.807, 2.05) is 31.2 Å². The van der Waals surface area contributed by atoms with Gasteiger partial charge >= 0.3 is 0 Å². The number of carbonyl (C=O) groups excluding carboxylic acids is 1. The molecule has 8 heteroatoms. The molecule has 3 aromatic rings. The number of fused-ring (bicyclic) bond motifs is 1. The van der Waals surface area contributed by atoms with Gasteiger partial charge in [0.05, 0.1) is 32.4 Å². The van der Waals surface area contributed by atoms with Crippen LogP contribution in [0.15, 0.2) is 36.4 Å². The zero-order valence-electron chi connectivity index (χ0n) is 19.2. The van der Waals surface area contributed by atoms with Crippen molar-refractivity contribution in [2.75, 3.05) is 52.4 Å². The smallest absolute Gasteiger partial charge is 0.254 e. The summed E-state index contributed by atoms with van der Waals surface area (Å²) in [6, 6.07) is 13.5. The van der Waals surface area contributed by atoms with Crippen LogP contribution in [0.4, 0.5) is 5.82 Å². The van der Waals surface area contributed by atoms with Crippen LogP contribution in [0, 0.1) is 18.3 Å². The van der Waals surface area contributed by atoms with Gasteiger partial charge < -0.3 is 24.0 Å². The van der Waals surface area contributed by atoms with Crippen LogP contribution in [0.3, 0.4) is 0 Å². The Morgan fingerprint density at radius 1 is 0.970 bits per heavy atom. The number of methoxy groups -OCH3 is 3. The maximum absolute atomic E-state index is 13.2. The molecule has 1 aliphatic heterocycles. The summed E-state index contributed by atoms with van der Waals surface area (Å²) in [5, 5.41) is 10.6. The molecule has 0 atom stereocenters. The Bertz CT molecular complexity index is 1220. The number of amides is 1. The molecule has 1 amide bonds. The van der Waals surface area contributed by atoms with E-state index < -0.39 is 0 Å². The van der Waals surface area contributed by atoms with Crippen LogP contribution in [0.5, 0.6) is 17.2 Å². The lowest BCUT2D eigenvalue weighted by atomic mass is 10.1. The van der Waals surface area contributed by atoms with E-state index in [1.54, 1.807) is 17.0 Å². The number of ether oxygens (including phenoxy) is 3. The fourth-order valence-electron chi connectivity index (χ4n) is 4.12. The lowest BCUT2D eigenvalue weighted by Crippen LogP contribution is -2.49. The number of piperazine rings is 1. The highest BCUT2D eigenvalue weighted by atomic mass is 16.5. The number of hydrogen-bond acceptors (Lipinski definition) is 7. The average molecular weight is 447 g/mol. The number of anilines is 1. The van der Waals surface area contributed by atoms with Gasteiger partial charge in [-0.1, -0.05) is 11.6 Å². The van der Waals surface area contributed by atoms with Crippen LogP contribution >= 0.6 is 0 Å². The number of pyridine rings is 1. The van der Waals surface area contributed by atoms with Crippen molar-refractivity contribution < 1.29 is 19.0 Å². The minimum absolute atomic E-state index is 0.114. The average Bonchev–Trinajstić information content (AvgIpc) is 2.86. The lowest BCUT2D eigenvalue weighted by molar-refractivity contribution is 0.0745. The van der Waals surface area contributed by atoms with E-state index in [4.69, 9.17) is 19.2 Å². The predicted octanol–water partition coefficient (Wildman–Crippen LogP) is 3.40. The highest BCUT2D eigenvalue weighted by Gasteiger charge is 2.26. The van der Waals surface area contributed by atoms with E-state index in [9.17, 15) is 10.1 Å². The Balaban J connectivity index is 1.54. The Kier molecular flexibility index (Phi) is 6.22. The van der Waals surface area contributed by atoms with Gasteiger partial charge in [0.2, 0.25) is 5.75 Å². The summed E-state index contributed by atoms with van der Waals surface area (Å²) in [6.07, 6.45) is 0. The maximum atomic E-state index is 13.2. The van der Waals surface area contributed by atoms with Crippen LogP contribution in [-0.2, 0) is 0 Å². The first-order chi connectivity index (χ1) is 16.0. The van der Waals surface area contributed by atoms with Gasteiger partial charge in [0.25, 0.3) is 5.91 Å². The zero-order valence-corrected chi connectivity index (χ0v) is 19.2. The molecule has 1 aliphatic rings. The van der Waals surface area contributed by atoms with Gasteiger partial charge in [0.1, 0.15) is 11.9 Å². The Labute approximate surface area is 192 Å². The molecule has 4 rings (SSSR count). The second-order valence-electron chi connectivity index (χ2n) is 7.86. The van der Waals surface area contributed by atoms with Crippen molar-refractivity contribution in [2.45, 2.75) is 6.92 Å². The van der Waals surface area contributed by atoms with E-state index in [0.717, 1.165) is 16.5 Å². The summed E-state index contributed by atoms with van der Waals surface area (Å²) in [4.78, 5) is 21.8. The third kappa shape index (κ3) is 4.22. The van der Waals surface area contributed by atoms with Gasteiger partial charge in [-0.15, -0.1) is 0 Å². The molecule has 0 unspecified atom stereocenters. The SMILES string of the molecule is COc1cc(C(=O)N2CCN(c3nc4ccc(C)cc4cc3C#N)CC2)cc(OC)c1OC. The molecular weight excluding hydrogens is 420 g/mol. The Hall–Kier alpha value is -3.99. The summed E-state index contributed by atoms with van der Waals surface area (Å²) < 4.78 is 16.1. The Morgan fingerprint density at radius 3 is 2.21 bits per heavy atom. The molecule has 2 heterocycles. The molecule has 0 aliphatic carbocycles. The van der Waals surface area contributed by atoms with Crippen LogP contribution in [0.2, 0.25) is 0 Å². The fourth-order valence-corrected chi connectivity index (χ4v) is 4.12. The molecular formula is C25H26N4O4. The lowest BCUT2D eigenvalue weighted by Gasteiger charge is -2.36. The second kappa shape index (κ2) is 9.25. The van der Waals surface area contributed by atoms with Crippen LogP contribution in [-0.4, -0.2) is 63.3 Å². The van der Waals surface area contributed by atoms with E-state index in [2.05, 4.69) is 11.0 Å². The van der Waals surface area contributed by atoms with E-state index >= 15 is 0 Å². The summed E-state index contributed by atoms with van der Waals surface area (Å²) in [7, 11) is 4.57. The summed E-state index contributed by atoms with van der Waals surface area (Å²) in [5.74, 6) is 1.87. The standard InChI is InChI=1S/C25H26N4O4/c1-16-5-6-20-17(11-16)12-19(15-26)24(27-20)28-7-9-29(10-8-28)25(30)18-13-21(31-2)23(33-4)22(14-18)32-3/h5-6,11-14H,7-10H2,1-4H3. The maximum Gasteiger partial charge on any atom is 0.254 e. The van der Waals surface area contributed by atoms with Crippen molar-refractivity contribution in [1.29, 1.82) is 5.26 Å². The van der Waals surface area contributed by atoms with Gasteiger partial charge in [-0.3, -0.25) is 4.79 Å². The molecule has 8 nitrogen and oxygen atoms in total. The van der Waals surface area contributed by atoms with Crippen LogP contribution in [0.25, 0.3) is 10.9 Å². The molecule has 0 N–H and O–H groups in total. The molecule has 1 saturated heterocycles. The van der Waals surface area contributed by atoms with Crippen molar-refractivity contribution in [3.8, 4) is 23.3 Å². The van der Waals surface area contributed by atoms with Gasteiger partial charge in [0, 0.05) is 37.1 Å². The molecule has 2 aromatic carbocycles. The Morgan fingerprint density at radius 2 is 1.64 bits per heavy atom. The number of hydrogen-bond donors (Lipinski definition) is 0. The van der Waals surface area contributed by atoms with Gasteiger partial charge in [-0.25, -0.2) is 4.98 Å². The number of benzene rings is 2. The van der Waals surface area contributed by atoms with Gasteiger partial charge in [-0.05, 0) is 37.3 Å². The monoisotopic (exact) mass is 446 g/mol. The minimum atomic E-state index is -0.114. The highest BCUT2D eigenvalue weighted by Crippen LogP contribution is 2.38. The molecule has 170 valence electrons. The van der Waals surface area contributed by atoms with Crippen LogP contribution in [0.1, 0.15) is 21.5 Å². The number of nitrogens with zero attached hydrogens (tertiary/aromatic N) is 4. The zero-order chi connectivity index (χ0) is 23.5. The third-order valence-corrected chi connectivity index (χ3v) is 5.85. The van der Waals surface area contributed by atoms with Crippen molar-refractivity contribution in [3.05, 3.63) is 53.1 Å². The number of aromatic nitrogens is 1. The van der Waals surface area contributed by atoms with E-state index in [1.165, 1.54) is 21.3 Å². The van der Waals surface area contributed by atoms with E-state index in [-0.39, 0.29) is 5.91 Å². The summed E-state index contributed by atoms with van der Waals surface area (Å²) in [6.45, 7) is 4.19. The highest BCUT2D eigenvalue weighted by molar-refractivity contribution is 5.96. The first kappa shape index (κ1) is 22.2. The van der Waals surface area contributed by atoms with Gasteiger partial charge in [-0.2, -0.15) is 5.26 Å². The first-order valence-corrected chi connectivity index (χ1v) is 10.6. The first-order valence-electron chi connectivity index (χ1n) is 10.6. The number of aryl methyl sites for hydroxylation is 1. The summed E-state index contributed by atoms with van der Waals surface area (Å²) in [5.41, 5.74) is 2.98. The normalized spacial score (nSPS) is 13.5. The van der Waals surface area contributed by atoms with Crippen LogP contribution < -0.4 is 19.1 Å². The molecule has 0 spiro atoms. The van der Waals surface area contributed by atoms with E-state index in [0.29, 0.717) is 60.4 Å². The van der Waals surface area contributed by atoms with Crippen molar-refractivity contribution in [3.63, 3.8) is 0 Å². The van der Waals surface area contributed by atoms with Crippen molar-refractivity contribution in [2.24, 2.45) is 0 Å². The predicted molar refractivity (Wildman–Crippen MR) is 125 cm³/mol. The molecule has 0 radical (unpaired) electrons. The van der Waals surface area contributed by atoms with Crippen molar-refractivity contribution in [1.82, 2.24) is 9.88 Å². The number of rotatable bonds is 5. The summed E-state index contributed by atoms with van der Waals surface area (Å²) >= 11 is 0. The topological polar surface area (TPSA) is 87.9 Å². The number of carbonyl (C=O) groups is 1. The largest absolute Gasteiger partial charge is 0.493 e. The molecule has 1 fully saturated rings. The number of nitriles is 1. The third-order valence-electron chi connectivity index (χ3n) is 5.85.